The molecule has 0 aliphatic heterocycles. The number of hydrogen-bond donors (Lipinski definition) is 0. The van der Waals surface area contributed by atoms with E-state index in [9.17, 15) is 4.79 Å². The predicted octanol–water partition coefficient (Wildman–Crippen LogP) is 2.99. The van der Waals surface area contributed by atoms with Crippen LogP contribution in [0.15, 0.2) is 42.6 Å². The summed E-state index contributed by atoms with van der Waals surface area (Å²) in [5.74, 6) is 1.09. The maximum absolute atomic E-state index is 12.0. The van der Waals surface area contributed by atoms with Crippen LogP contribution < -0.4 is 5.76 Å². The fourth-order valence-corrected chi connectivity index (χ4v) is 1.97. The van der Waals surface area contributed by atoms with Gasteiger partial charge in [0, 0.05) is 5.41 Å². The monoisotopic (exact) mass is 303 g/mol. The molecule has 3 aromatic rings. The Kier molecular flexibility index (Phi) is 3.27. The van der Waals surface area contributed by atoms with Gasteiger partial charge in [-0.05, 0) is 19.1 Å². The minimum absolute atomic E-state index is 0.129. The van der Waals surface area contributed by atoms with Crippen molar-refractivity contribution in [2.45, 2.75) is 39.2 Å². The van der Waals surface area contributed by atoms with Gasteiger partial charge in [-0.2, -0.15) is 4.68 Å². The highest BCUT2D eigenvalue weighted by molar-refractivity contribution is 5.42. The van der Waals surface area contributed by atoms with E-state index < -0.39 is 11.8 Å². The molecule has 7 nitrogen and oxygen atoms in total. The van der Waals surface area contributed by atoms with Crippen LogP contribution in [0, 0.1) is 0 Å². The second kappa shape index (κ2) is 5.01. The van der Waals surface area contributed by atoms with Gasteiger partial charge in [0.1, 0.15) is 11.8 Å². The molecule has 0 spiro atoms. The molecule has 0 aromatic carbocycles. The number of oxazole rings is 1. The van der Waals surface area contributed by atoms with Crippen LogP contribution >= 0.6 is 0 Å². The Morgan fingerprint density at radius 2 is 2.05 bits per heavy atom. The molecule has 0 bridgehead atoms. The Hall–Kier alpha value is -2.57. The molecule has 22 heavy (non-hydrogen) atoms. The Balaban J connectivity index is 1.94. The van der Waals surface area contributed by atoms with Gasteiger partial charge in [-0.3, -0.25) is 0 Å². The van der Waals surface area contributed by atoms with Crippen LogP contribution in [0.5, 0.6) is 0 Å². The summed E-state index contributed by atoms with van der Waals surface area (Å²) in [4.78, 5) is 16.2. The average molecular weight is 303 g/mol. The first kappa shape index (κ1) is 14.4. The van der Waals surface area contributed by atoms with E-state index in [0.29, 0.717) is 11.7 Å². The van der Waals surface area contributed by atoms with Crippen LogP contribution in [-0.4, -0.2) is 14.8 Å². The molecule has 0 aliphatic rings. The molecule has 116 valence electrons. The minimum Gasteiger partial charge on any atom is -0.459 e. The first-order valence-corrected chi connectivity index (χ1v) is 6.96. The summed E-state index contributed by atoms with van der Waals surface area (Å²) in [5, 5.41) is 4.14. The van der Waals surface area contributed by atoms with Gasteiger partial charge >= 0.3 is 5.76 Å². The van der Waals surface area contributed by atoms with Crippen LogP contribution in [-0.2, 0) is 5.41 Å². The van der Waals surface area contributed by atoms with Crippen LogP contribution in [0.4, 0.5) is 0 Å². The second-order valence-corrected chi connectivity index (χ2v) is 6.08. The standard InChI is InChI=1S/C15H17N3O4/c1-9(12-16-8-11(21-12)15(2,3)4)18-14(19)22-13(17-18)10-6-5-7-20-10/h5-9H,1-4H3/t9-/m0/s1. The van der Waals surface area contributed by atoms with Gasteiger partial charge in [0.05, 0.1) is 12.5 Å². The van der Waals surface area contributed by atoms with Crippen LogP contribution in [0.3, 0.4) is 0 Å². The molecule has 3 heterocycles. The highest BCUT2D eigenvalue weighted by atomic mass is 16.4. The van der Waals surface area contributed by atoms with E-state index in [2.05, 4.69) is 10.1 Å². The first-order chi connectivity index (χ1) is 10.4. The summed E-state index contributed by atoms with van der Waals surface area (Å²) in [5.41, 5.74) is -0.154. The topological polar surface area (TPSA) is 87.2 Å². The molecule has 0 N–H and O–H groups in total. The van der Waals surface area contributed by atoms with E-state index in [1.54, 1.807) is 25.3 Å². The van der Waals surface area contributed by atoms with Crippen LogP contribution in [0.25, 0.3) is 11.7 Å². The number of furan rings is 1. The first-order valence-electron chi connectivity index (χ1n) is 6.96. The van der Waals surface area contributed by atoms with Crippen molar-refractivity contribution in [3.05, 3.63) is 46.8 Å². The predicted molar refractivity (Wildman–Crippen MR) is 77.5 cm³/mol. The maximum Gasteiger partial charge on any atom is 0.438 e. The zero-order valence-electron chi connectivity index (χ0n) is 12.9. The quantitative estimate of drug-likeness (QED) is 0.739. The molecule has 0 saturated carbocycles. The number of nitrogens with zero attached hydrogens (tertiary/aromatic N) is 3. The van der Waals surface area contributed by atoms with Gasteiger partial charge in [0.25, 0.3) is 5.89 Å². The second-order valence-electron chi connectivity index (χ2n) is 6.08. The van der Waals surface area contributed by atoms with Crippen molar-refractivity contribution in [1.29, 1.82) is 0 Å². The number of hydrogen-bond acceptors (Lipinski definition) is 6. The Morgan fingerprint density at radius 1 is 1.27 bits per heavy atom. The normalized spacial score (nSPS) is 13.5. The molecule has 1 atom stereocenters. The van der Waals surface area contributed by atoms with Gasteiger partial charge in [-0.15, -0.1) is 5.10 Å². The molecule has 7 heteroatoms. The Bertz CT molecular complexity index is 818. The van der Waals surface area contributed by atoms with E-state index in [1.165, 1.54) is 10.9 Å². The summed E-state index contributed by atoms with van der Waals surface area (Å²) >= 11 is 0. The van der Waals surface area contributed by atoms with Gasteiger partial charge in [-0.1, -0.05) is 20.8 Å². The Labute approximate surface area is 126 Å². The largest absolute Gasteiger partial charge is 0.459 e. The van der Waals surface area contributed by atoms with Crippen LogP contribution in [0.1, 0.15) is 45.4 Å². The molecule has 3 aromatic heterocycles. The molecular weight excluding hydrogens is 286 g/mol. The van der Waals surface area contributed by atoms with Gasteiger partial charge < -0.3 is 13.3 Å². The van der Waals surface area contributed by atoms with Crippen molar-refractivity contribution in [3.63, 3.8) is 0 Å². The highest BCUT2D eigenvalue weighted by Gasteiger charge is 2.25. The molecule has 0 aliphatic carbocycles. The molecule has 0 radical (unpaired) electrons. The third-order valence-corrected chi connectivity index (χ3v) is 3.29. The third kappa shape index (κ3) is 2.49. The molecular formula is C15H17N3O4. The zero-order chi connectivity index (χ0) is 15.9. The third-order valence-electron chi connectivity index (χ3n) is 3.29. The summed E-state index contributed by atoms with van der Waals surface area (Å²) < 4.78 is 17.2. The lowest BCUT2D eigenvalue weighted by atomic mass is 9.94. The fourth-order valence-electron chi connectivity index (χ4n) is 1.97. The summed E-state index contributed by atoms with van der Waals surface area (Å²) in [6.07, 6.45) is 3.16. The van der Waals surface area contributed by atoms with E-state index in [-0.39, 0.29) is 11.3 Å². The van der Waals surface area contributed by atoms with E-state index in [0.717, 1.165) is 5.76 Å². The minimum atomic E-state index is -0.589. The smallest absolute Gasteiger partial charge is 0.438 e. The number of aromatic nitrogens is 3. The van der Waals surface area contributed by atoms with Crippen molar-refractivity contribution in [2.75, 3.05) is 0 Å². The Morgan fingerprint density at radius 3 is 2.64 bits per heavy atom. The summed E-state index contributed by atoms with van der Waals surface area (Å²) in [6.45, 7) is 7.85. The lowest BCUT2D eigenvalue weighted by molar-refractivity contribution is 0.339. The maximum atomic E-state index is 12.0. The molecule has 0 amide bonds. The van der Waals surface area contributed by atoms with Crippen molar-refractivity contribution in [3.8, 4) is 11.7 Å². The van der Waals surface area contributed by atoms with E-state index in [4.69, 9.17) is 13.3 Å². The summed E-state index contributed by atoms with van der Waals surface area (Å²) in [7, 11) is 0. The number of rotatable bonds is 3. The van der Waals surface area contributed by atoms with Gasteiger partial charge in [-0.25, -0.2) is 9.78 Å². The fraction of sp³-hybridized carbons (Fsp3) is 0.400. The average Bonchev–Trinajstić information content (AvgIpc) is 3.17. The van der Waals surface area contributed by atoms with Crippen molar-refractivity contribution >= 4 is 0 Å². The van der Waals surface area contributed by atoms with E-state index >= 15 is 0 Å². The molecule has 0 fully saturated rings. The van der Waals surface area contributed by atoms with Crippen molar-refractivity contribution in [1.82, 2.24) is 14.8 Å². The SMILES string of the molecule is C[C@@H](c1ncc(C(C)(C)C)o1)n1nc(-c2ccco2)oc1=O. The lowest BCUT2D eigenvalue weighted by Crippen LogP contribution is -2.21. The zero-order valence-corrected chi connectivity index (χ0v) is 12.9. The lowest BCUT2D eigenvalue weighted by Gasteiger charge is -2.13. The summed E-state index contributed by atoms with van der Waals surface area (Å²) in [6, 6.07) is 2.89. The van der Waals surface area contributed by atoms with Crippen LogP contribution in [0.2, 0.25) is 0 Å². The van der Waals surface area contributed by atoms with Crippen molar-refractivity contribution in [2.24, 2.45) is 0 Å². The molecule has 0 saturated heterocycles. The van der Waals surface area contributed by atoms with Gasteiger partial charge in [0.15, 0.2) is 5.76 Å². The molecule has 0 unspecified atom stereocenters. The molecule has 3 rings (SSSR count). The van der Waals surface area contributed by atoms with Crippen molar-refractivity contribution < 1.29 is 13.3 Å². The highest BCUT2D eigenvalue weighted by Crippen LogP contribution is 2.26. The van der Waals surface area contributed by atoms with Gasteiger partial charge in [0.2, 0.25) is 5.89 Å². The van der Waals surface area contributed by atoms with E-state index in [1.807, 2.05) is 20.8 Å².